The number of hydrogen-bond donors (Lipinski definition) is 1. The van der Waals surface area contributed by atoms with E-state index >= 15 is 0 Å². The summed E-state index contributed by atoms with van der Waals surface area (Å²) in [5.74, 6) is -3.14. The lowest BCUT2D eigenvalue weighted by Gasteiger charge is -2.29. The van der Waals surface area contributed by atoms with Crippen LogP contribution in [0.25, 0.3) is 0 Å². The van der Waals surface area contributed by atoms with Crippen molar-refractivity contribution in [1.82, 2.24) is 4.72 Å². The number of methoxy groups -OCH3 is 1. The Bertz CT molecular complexity index is 703. The van der Waals surface area contributed by atoms with Crippen LogP contribution in [0.3, 0.4) is 0 Å². The van der Waals surface area contributed by atoms with Crippen LogP contribution < -0.4 is 9.46 Å². The number of carbonyl (C=O) groups excluding carboxylic acids is 1. The summed E-state index contributed by atoms with van der Waals surface area (Å²) in [5.41, 5.74) is 0. The SMILES string of the molecule is COc1cccc(S(=O)(=O)NC(=O)C2CCCC(C(F)(F)F)C2)c1. The number of ether oxygens (including phenoxy) is 1. The van der Waals surface area contributed by atoms with Gasteiger partial charge in [0.1, 0.15) is 5.75 Å². The molecule has 1 aliphatic carbocycles. The molecular formula is C15H18F3NO4S. The maximum Gasteiger partial charge on any atom is 0.391 e. The molecule has 1 N–H and O–H groups in total. The zero-order valence-corrected chi connectivity index (χ0v) is 13.8. The van der Waals surface area contributed by atoms with Gasteiger partial charge in [0.05, 0.1) is 17.9 Å². The highest BCUT2D eigenvalue weighted by atomic mass is 32.2. The minimum atomic E-state index is -4.37. The Labute approximate surface area is 138 Å². The van der Waals surface area contributed by atoms with E-state index in [1.54, 1.807) is 0 Å². The van der Waals surface area contributed by atoms with Crippen LogP contribution in [0.4, 0.5) is 13.2 Å². The van der Waals surface area contributed by atoms with Gasteiger partial charge in [0, 0.05) is 12.0 Å². The number of carbonyl (C=O) groups is 1. The molecule has 0 aromatic heterocycles. The molecule has 2 atom stereocenters. The first-order valence-electron chi connectivity index (χ1n) is 7.41. The van der Waals surface area contributed by atoms with Crippen LogP contribution >= 0.6 is 0 Å². The van der Waals surface area contributed by atoms with Crippen molar-refractivity contribution in [3.05, 3.63) is 24.3 Å². The standard InChI is InChI=1S/C15H18F3NO4S/c1-23-12-6-3-7-13(9-12)24(21,22)19-14(20)10-4-2-5-11(8-10)15(16,17)18/h3,6-7,9-11H,2,4-5,8H2,1H3,(H,19,20). The number of nitrogens with one attached hydrogen (secondary N) is 1. The zero-order valence-electron chi connectivity index (χ0n) is 13.0. The van der Waals surface area contributed by atoms with Gasteiger partial charge in [-0.3, -0.25) is 4.79 Å². The van der Waals surface area contributed by atoms with E-state index in [-0.39, 0.29) is 30.6 Å². The average Bonchev–Trinajstić information content (AvgIpc) is 2.54. The average molecular weight is 365 g/mol. The third-order valence-electron chi connectivity index (χ3n) is 4.09. The number of rotatable bonds is 4. The Morgan fingerprint density at radius 2 is 2.00 bits per heavy atom. The summed E-state index contributed by atoms with van der Waals surface area (Å²) >= 11 is 0. The summed E-state index contributed by atoms with van der Waals surface area (Å²) < 4.78 is 69.6. The second-order valence-electron chi connectivity index (χ2n) is 5.75. The molecule has 2 unspecified atom stereocenters. The van der Waals surface area contributed by atoms with Gasteiger partial charge in [-0.25, -0.2) is 13.1 Å². The van der Waals surface area contributed by atoms with Crippen molar-refractivity contribution in [2.75, 3.05) is 7.11 Å². The van der Waals surface area contributed by atoms with Crippen molar-refractivity contribution in [2.45, 2.75) is 36.8 Å². The van der Waals surface area contributed by atoms with Crippen molar-refractivity contribution in [3.63, 3.8) is 0 Å². The molecule has 5 nitrogen and oxygen atoms in total. The molecule has 1 aromatic carbocycles. The van der Waals surface area contributed by atoms with Crippen LogP contribution in [-0.4, -0.2) is 27.6 Å². The van der Waals surface area contributed by atoms with Gasteiger partial charge in [0.15, 0.2) is 0 Å². The summed E-state index contributed by atoms with van der Waals surface area (Å²) in [7, 11) is -2.79. The number of alkyl halides is 3. The van der Waals surface area contributed by atoms with Gasteiger partial charge in [0.2, 0.25) is 5.91 Å². The molecule has 0 radical (unpaired) electrons. The molecule has 2 rings (SSSR count). The maximum absolute atomic E-state index is 12.8. The topological polar surface area (TPSA) is 72.5 Å². The Balaban J connectivity index is 2.10. The second-order valence-corrected chi connectivity index (χ2v) is 7.43. The molecule has 0 heterocycles. The fourth-order valence-electron chi connectivity index (χ4n) is 2.77. The molecule has 1 amide bonds. The summed E-state index contributed by atoms with van der Waals surface area (Å²) in [5, 5.41) is 0. The first-order chi connectivity index (χ1) is 11.1. The summed E-state index contributed by atoms with van der Waals surface area (Å²) in [6.45, 7) is 0. The Morgan fingerprint density at radius 1 is 1.29 bits per heavy atom. The third kappa shape index (κ3) is 4.40. The van der Waals surface area contributed by atoms with E-state index in [0.717, 1.165) is 0 Å². The van der Waals surface area contributed by atoms with E-state index in [9.17, 15) is 26.4 Å². The van der Waals surface area contributed by atoms with Crippen LogP contribution in [0.1, 0.15) is 25.7 Å². The Hall–Kier alpha value is -1.77. The normalized spacial score (nSPS) is 22.0. The van der Waals surface area contributed by atoms with E-state index < -0.39 is 33.9 Å². The fraction of sp³-hybridized carbons (Fsp3) is 0.533. The lowest BCUT2D eigenvalue weighted by Crippen LogP contribution is -2.39. The van der Waals surface area contributed by atoms with Gasteiger partial charge >= 0.3 is 6.18 Å². The van der Waals surface area contributed by atoms with Crippen LogP contribution in [0.2, 0.25) is 0 Å². The largest absolute Gasteiger partial charge is 0.497 e. The first-order valence-corrected chi connectivity index (χ1v) is 8.89. The predicted molar refractivity (Wildman–Crippen MR) is 79.8 cm³/mol. The molecule has 134 valence electrons. The van der Waals surface area contributed by atoms with Crippen LogP contribution in [0, 0.1) is 11.8 Å². The maximum atomic E-state index is 12.8. The monoisotopic (exact) mass is 365 g/mol. The van der Waals surface area contributed by atoms with Crippen LogP contribution in [0.5, 0.6) is 5.75 Å². The van der Waals surface area contributed by atoms with Crippen molar-refractivity contribution >= 4 is 15.9 Å². The summed E-state index contributed by atoms with van der Waals surface area (Å²) in [4.78, 5) is 11.9. The molecule has 24 heavy (non-hydrogen) atoms. The molecule has 0 bridgehead atoms. The minimum absolute atomic E-state index is 0.0318. The van der Waals surface area contributed by atoms with Gasteiger partial charge in [-0.1, -0.05) is 12.5 Å². The van der Waals surface area contributed by atoms with E-state index in [1.165, 1.54) is 31.4 Å². The molecular weight excluding hydrogens is 347 g/mol. The highest BCUT2D eigenvalue weighted by Gasteiger charge is 2.44. The smallest absolute Gasteiger partial charge is 0.391 e. The van der Waals surface area contributed by atoms with Gasteiger partial charge in [-0.05, 0) is 31.4 Å². The zero-order chi connectivity index (χ0) is 18.0. The van der Waals surface area contributed by atoms with Crippen LogP contribution in [-0.2, 0) is 14.8 Å². The molecule has 1 saturated carbocycles. The molecule has 1 fully saturated rings. The van der Waals surface area contributed by atoms with E-state index in [1.807, 2.05) is 4.72 Å². The van der Waals surface area contributed by atoms with Gasteiger partial charge in [-0.2, -0.15) is 13.2 Å². The van der Waals surface area contributed by atoms with Gasteiger partial charge < -0.3 is 4.74 Å². The highest BCUT2D eigenvalue weighted by molar-refractivity contribution is 7.90. The van der Waals surface area contributed by atoms with Crippen molar-refractivity contribution in [1.29, 1.82) is 0 Å². The number of amides is 1. The number of halogens is 3. The molecule has 0 aliphatic heterocycles. The first kappa shape index (κ1) is 18.6. The molecule has 1 aliphatic rings. The van der Waals surface area contributed by atoms with Crippen molar-refractivity contribution in [2.24, 2.45) is 11.8 Å². The lowest BCUT2D eigenvalue weighted by atomic mass is 9.81. The molecule has 0 spiro atoms. The van der Waals surface area contributed by atoms with Gasteiger partial charge in [-0.15, -0.1) is 0 Å². The van der Waals surface area contributed by atoms with E-state index in [2.05, 4.69) is 0 Å². The van der Waals surface area contributed by atoms with Crippen LogP contribution in [0.15, 0.2) is 29.2 Å². The molecule has 9 heteroatoms. The Kier molecular flexibility index (Phi) is 5.42. The molecule has 1 aromatic rings. The third-order valence-corrected chi connectivity index (χ3v) is 5.44. The summed E-state index contributed by atoms with van der Waals surface area (Å²) in [6, 6.07) is 5.49. The Morgan fingerprint density at radius 3 is 2.62 bits per heavy atom. The second kappa shape index (κ2) is 7.00. The lowest BCUT2D eigenvalue weighted by molar-refractivity contribution is -0.186. The summed E-state index contributed by atoms with van der Waals surface area (Å²) in [6.07, 6.45) is -4.31. The molecule has 0 saturated heterocycles. The van der Waals surface area contributed by atoms with Crippen molar-refractivity contribution < 1.29 is 31.1 Å². The van der Waals surface area contributed by atoms with Crippen molar-refractivity contribution in [3.8, 4) is 5.75 Å². The van der Waals surface area contributed by atoms with E-state index in [0.29, 0.717) is 5.75 Å². The highest BCUT2D eigenvalue weighted by Crippen LogP contribution is 2.40. The number of hydrogen-bond acceptors (Lipinski definition) is 4. The van der Waals surface area contributed by atoms with E-state index in [4.69, 9.17) is 4.74 Å². The quantitative estimate of drug-likeness (QED) is 0.891. The number of benzene rings is 1. The minimum Gasteiger partial charge on any atom is -0.497 e. The fourth-order valence-corrected chi connectivity index (χ4v) is 3.85. The van der Waals surface area contributed by atoms with Gasteiger partial charge in [0.25, 0.3) is 10.0 Å². The number of sulfonamides is 1. The predicted octanol–water partition coefficient (Wildman–Crippen LogP) is 2.87.